The quantitative estimate of drug-likeness (QED) is 0.824. The van der Waals surface area contributed by atoms with Gasteiger partial charge in [-0.1, -0.05) is 0 Å². The average Bonchev–Trinajstić information content (AvgIpc) is 2.35. The van der Waals surface area contributed by atoms with E-state index in [4.69, 9.17) is 5.11 Å². The second-order valence-electron chi connectivity index (χ2n) is 4.07. The van der Waals surface area contributed by atoms with Crippen molar-refractivity contribution in [2.45, 2.75) is 24.8 Å². The molecule has 0 saturated heterocycles. The third-order valence-electron chi connectivity index (χ3n) is 2.48. The molecule has 0 radical (unpaired) electrons. The minimum absolute atomic E-state index is 0.00957. The Hall–Kier alpha value is -1.56. The molecule has 0 aliphatic rings. The smallest absolute Gasteiger partial charge is 0.354 e. The summed E-state index contributed by atoms with van der Waals surface area (Å²) in [6.07, 6.45) is 1.43. The van der Waals surface area contributed by atoms with E-state index < -0.39 is 5.97 Å². The van der Waals surface area contributed by atoms with Gasteiger partial charge in [-0.25, -0.2) is 9.78 Å². The van der Waals surface area contributed by atoms with Gasteiger partial charge in [0, 0.05) is 24.2 Å². The maximum atomic E-state index is 11.7. The molecular weight excluding hydrogens is 252 g/mol. The molecule has 98 valence electrons. The van der Waals surface area contributed by atoms with Gasteiger partial charge in [0.2, 0.25) is 5.91 Å². The number of aromatic nitrogens is 1. The Morgan fingerprint density at radius 3 is 2.72 bits per heavy atom. The van der Waals surface area contributed by atoms with Crippen LogP contribution in [0, 0.1) is 0 Å². The van der Waals surface area contributed by atoms with Gasteiger partial charge < -0.3 is 10.0 Å². The molecule has 0 spiro atoms. The fraction of sp³-hybridized carbons (Fsp3) is 0.417. The van der Waals surface area contributed by atoms with Crippen LogP contribution < -0.4 is 0 Å². The zero-order valence-electron chi connectivity index (χ0n) is 10.6. The van der Waals surface area contributed by atoms with Crippen LogP contribution in [0.1, 0.15) is 24.3 Å². The van der Waals surface area contributed by atoms with Crippen LogP contribution >= 0.6 is 11.8 Å². The third-order valence-corrected chi connectivity index (χ3v) is 3.46. The second-order valence-corrected chi connectivity index (χ2v) is 5.12. The Morgan fingerprint density at radius 1 is 1.50 bits per heavy atom. The first-order valence-corrected chi connectivity index (χ1v) is 6.48. The predicted molar refractivity (Wildman–Crippen MR) is 69.8 cm³/mol. The van der Waals surface area contributed by atoms with Crippen molar-refractivity contribution in [1.29, 1.82) is 0 Å². The lowest BCUT2D eigenvalue weighted by atomic mass is 10.3. The Kier molecular flexibility index (Phi) is 5.15. The van der Waals surface area contributed by atoms with Gasteiger partial charge in [-0.15, -0.1) is 11.8 Å². The molecule has 18 heavy (non-hydrogen) atoms. The Bertz CT molecular complexity index is 449. The highest BCUT2D eigenvalue weighted by atomic mass is 32.2. The van der Waals surface area contributed by atoms with Crippen molar-refractivity contribution in [3.05, 3.63) is 24.0 Å². The summed E-state index contributed by atoms with van der Waals surface area (Å²) in [7, 11) is 1.75. The normalized spacial score (nSPS) is 10.4. The van der Waals surface area contributed by atoms with Crippen LogP contribution in [-0.4, -0.2) is 45.7 Å². The molecule has 1 amide bonds. The molecule has 1 rings (SSSR count). The van der Waals surface area contributed by atoms with Gasteiger partial charge in [-0.2, -0.15) is 0 Å². The predicted octanol–water partition coefficient (Wildman–Crippen LogP) is 1.74. The number of nitrogens with zero attached hydrogens (tertiary/aromatic N) is 2. The number of thioether (sulfide) groups is 1. The van der Waals surface area contributed by atoms with E-state index in [9.17, 15) is 9.59 Å². The molecular formula is C12H16N2O3S. The Labute approximate surface area is 110 Å². The summed E-state index contributed by atoms with van der Waals surface area (Å²) >= 11 is 1.31. The standard InChI is InChI=1S/C12H16N2O3S/c1-8(2)14(3)11(15)7-18-9-4-5-13-10(6-9)12(16)17/h4-6,8H,7H2,1-3H3,(H,16,17). The summed E-state index contributed by atoms with van der Waals surface area (Å²) in [5, 5.41) is 8.80. The molecule has 1 heterocycles. The molecule has 0 aromatic carbocycles. The van der Waals surface area contributed by atoms with Gasteiger partial charge in [-0.05, 0) is 26.0 Å². The number of rotatable bonds is 5. The first-order chi connectivity index (χ1) is 8.41. The van der Waals surface area contributed by atoms with E-state index >= 15 is 0 Å². The van der Waals surface area contributed by atoms with Crippen molar-refractivity contribution in [3.63, 3.8) is 0 Å². The lowest BCUT2D eigenvalue weighted by Gasteiger charge is -2.21. The van der Waals surface area contributed by atoms with Gasteiger partial charge in [-0.3, -0.25) is 4.79 Å². The average molecular weight is 268 g/mol. The van der Waals surface area contributed by atoms with E-state index in [0.29, 0.717) is 0 Å². The topological polar surface area (TPSA) is 70.5 Å². The van der Waals surface area contributed by atoms with Crippen molar-refractivity contribution in [2.75, 3.05) is 12.8 Å². The third kappa shape index (κ3) is 4.03. The lowest BCUT2D eigenvalue weighted by molar-refractivity contribution is -0.128. The zero-order valence-corrected chi connectivity index (χ0v) is 11.4. The van der Waals surface area contributed by atoms with Crippen molar-refractivity contribution < 1.29 is 14.7 Å². The van der Waals surface area contributed by atoms with E-state index in [1.54, 1.807) is 18.0 Å². The second kappa shape index (κ2) is 6.39. The molecule has 0 aliphatic heterocycles. The first kappa shape index (κ1) is 14.5. The van der Waals surface area contributed by atoms with Crippen LogP contribution in [-0.2, 0) is 4.79 Å². The Morgan fingerprint density at radius 2 is 2.17 bits per heavy atom. The van der Waals surface area contributed by atoms with E-state index in [0.717, 1.165) is 4.90 Å². The van der Waals surface area contributed by atoms with Gasteiger partial charge in [0.15, 0.2) is 0 Å². The van der Waals surface area contributed by atoms with Gasteiger partial charge in [0.25, 0.3) is 0 Å². The molecule has 0 fully saturated rings. The van der Waals surface area contributed by atoms with Gasteiger partial charge in [0.1, 0.15) is 5.69 Å². The van der Waals surface area contributed by atoms with E-state index in [1.165, 1.54) is 24.0 Å². The highest BCUT2D eigenvalue weighted by Crippen LogP contribution is 2.18. The number of aromatic carboxylic acids is 1. The molecule has 1 N–H and O–H groups in total. The summed E-state index contributed by atoms with van der Waals surface area (Å²) < 4.78 is 0. The number of hydrogen-bond donors (Lipinski definition) is 1. The van der Waals surface area contributed by atoms with Crippen LogP contribution in [0.15, 0.2) is 23.2 Å². The fourth-order valence-electron chi connectivity index (χ4n) is 1.15. The molecule has 1 aromatic rings. The van der Waals surface area contributed by atoms with E-state index in [2.05, 4.69) is 4.98 Å². The van der Waals surface area contributed by atoms with Crippen molar-refractivity contribution in [3.8, 4) is 0 Å². The number of amides is 1. The molecule has 0 atom stereocenters. The van der Waals surface area contributed by atoms with Crippen molar-refractivity contribution >= 4 is 23.6 Å². The lowest BCUT2D eigenvalue weighted by Crippen LogP contribution is -2.34. The van der Waals surface area contributed by atoms with Crippen LogP contribution in [0.3, 0.4) is 0 Å². The summed E-state index contributed by atoms with van der Waals surface area (Å²) in [6, 6.07) is 3.32. The summed E-state index contributed by atoms with van der Waals surface area (Å²) in [6.45, 7) is 3.88. The molecule has 0 saturated carbocycles. The van der Waals surface area contributed by atoms with Crippen LogP contribution in [0.4, 0.5) is 0 Å². The number of carbonyl (C=O) groups excluding carboxylic acids is 1. The highest BCUT2D eigenvalue weighted by molar-refractivity contribution is 8.00. The molecule has 0 bridgehead atoms. The summed E-state index contributed by atoms with van der Waals surface area (Å²) in [5.41, 5.74) is -0.00957. The molecule has 1 aromatic heterocycles. The summed E-state index contributed by atoms with van der Waals surface area (Å²) in [5.74, 6) is -0.760. The maximum absolute atomic E-state index is 11.7. The van der Waals surface area contributed by atoms with E-state index in [1.807, 2.05) is 13.8 Å². The fourth-order valence-corrected chi connectivity index (χ4v) is 2.00. The monoisotopic (exact) mass is 268 g/mol. The molecule has 6 heteroatoms. The highest BCUT2D eigenvalue weighted by Gasteiger charge is 2.12. The summed E-state index contributed by atoms with van der Waals surface area (Å²) in [4.78, 5) is 28.6. The molecule has 0 unspecified atom stereocenters. The largest absolute Gasteiger partial charge is 0.477 e. The van der Waals surface area contributed by atoms with Gasteiger partial charge >= 0.3 is 5.97 Å². The number of pyridine rings is 1. The van der Waals surface area contributed by atoms with Crippen molar-refractivity contribution in [2.24, 2.45) is 0 Å². The minimum Gasteiger partial charge on any atom is -0.477 e. The molecule has 5 nitrogen and oxygen atoms in total. The van der Waals surface area contributed by atoms with E-state index in [-0.39, 0.29) is 23.4 Å². The van der Waals surface area contributed by atoms with Crippen LogP contribution in [0.2, 0.25) is 0 Å². The maximum Gasteiger partial charge on any atom is 0.354 e. The number of hydrogen-bond acceptors (Lipinski definition) is 4. The number of carboxylic acids is 1. The first-order valence-electron chi connectivity index (χ1n) is 5.49. The van der Waals surface area contributed by atoms with Crippen LogP contribution in [0.25, 0.3) is 0 Å². The minimum atomic E-state index is -1.07. The van der Waals surface area contributed by atoms with Crippen LogP contribution in [0.5, 0.6) is 0 Å². The SMILES string of the molecule is CC(C)N(C)C(=O)CSc1ccnc(C(=O)O)c1. The Balaban J connectivity index is 2.61. The molecule has 0 aliphatic carbocycles. The number of carboxylic acid groups (broad SMARTS) is 1. The van der Waals surface area contributed by atoms with Crippen molar-refractivity contribution in [1.82, 2.24) is 9.88 Å². The number of carbonyl (C=O) groups is 2. The zero-order chi connectivity index (χ0) is 13.7. The van der Waals surface area contributed by atoms with Gasteiger partial charge in [0.05, 0.1) is 5.75 Å².